The Balaban J connectivity index is 2.25. The van der Waals surface area contributed by atoms with E-state index in [1.54, 1.807) is 7.11 Å². The summed E-state index contributed by atoms with van der Waals surface area (Å²) < 4.78 is 5.20. The molecule has 0 spiro atoms. The van der Waals surface area contributed by atoms with Crippen LogP contribution in [0.1, 0.15) is 22.3 Å². The first-order chi connectivity index (χ1) is 9.52. The van der Waals surface area contributed by atoms with Crippen LogP contribution in [0.25, 0.3) is 0 Å². The summed E-state index contributed by atoms with van der Waals surface area (Å²) in [6.07, 6.45) is 1.11. The number of ether oxygens (including phenoxy) is 1. The van der Waals surface area contributed by atoms with Crippen molar-refractivity contribution in [3.05, 3.63) is 29.3 Å². The van der Waals surface area contributed by atoms with Crippen LogP contribution in [-0.2, 0) is 0 Å². The van der Waals surface area contributed by atoms with E-state index in [9.17, 15) is 4.79 Å². The number of aryl methyl sites for hydroxylation is 1. The van der Waals surface area contributed by atoms with E-state index in [1.165, 1.54) is 0 Å². The van der Waals surface area contributed by atoms with Crippen LogP contribution >= 0.6 is 0 Å². The molecule has 1 unspecified atom stereocenters. The molecule has 1 aliphatic heterocycles. The molecule has 1 aromatic rings. The van der Waals surface area contributed by atoms with Crippen molar-refractivity contribution in [3.63, 3.8) is 0 Å². The minimum atomic E-state index is -0.0606. The zero-order valence-electron chi connectivity index (χ0n) is 12.8. The van der Waals surface area contributed by atoms with Gasteiger partial charge < -0.3 is 9.64 Å². The zero-order valence-corrected chi connectivity index (χ0v) is 12.8. The van der Waals surface area contributed by atoms with Gasteiger partial charge in [-0.05, 0) is 64.3 Å². The Morgan fingerprint density at radius 3 is 2.70 bits per heavy atom. The third-order valence-electron chi connectivity index (χ3n) is 4.07. The summed E-state index contributed by atoms with van der Waals surface area (Å²) in [5.41, 5.74) is 1.78. The van der Waals surface area contributed by atoms with Crippen molar-refractivity contribution in [1.82, 2.24) is 9.80 Å². The second-order valence-electron chi connectivity index (χ2n) is 5.66. The van der Waals surface area contributed by atoms with Crippen LogP contribution < -0.4 is 4.74 Å². The van der Waals surface area contributed by atoms with Gasteiger partial charge in [-0.25, -0.2) is 0 Å². The molecule has 110 valence electrons. The van der Waals surface area contributed by atoms with E-state index in [0.717, 1.165) is 42.9 Å². The normalized spacial score (nSPS) is 21.5. The number of benzene rings is 1. The molecule has 4 nitrogen and oxygen atoms in total. The smallest absolute Gasteiger partial charge is 0.181 e. The molecule has 0 aliphatic carbocycles. The summed E-state index contributed by atoms with van der Waals surface area (Å²) in [5.74, 6) is 1.01. The first kappa shape index (κ1) is 15.0. The van der Waals surface area contributed by atoms with E-state index in [4.69, 9.17) is 4.74 Å². The van der Waals surface area contributed by atoms with E-state index in [0.29, 0.717) is 0 Å². The Hall–Kier alpha value is -1.39. The molecule has 1 saturated heterocycles. The maximum Gasteiger partial charge on any atom is 0.181 e. The van der Waals surface area contributed by atoms with Gasteiger partial charge in [0.05, 0.1) is 13.2 Å². The van der Waals surface area contributed by atoms with Crippen LogP contribution in [0, 0.1) is 6.92 Å². The first-order valence-electron chi connectivity index (χ1n) is 7.10. The van der Waals surface area contributed by atoms with Crippen LogP contribution in [0.4, 0.5) is 0 Å². The van der Waals surface area contributed by atoms with Crippen molar-refractivity contribution >= 4 is 5.78 Å². The molecule has 0 N–H and O–H groups in total. The van der Waals surface area contributed by atoms with Crippen molar-refractivity contribution in [2.45, 2.75) is 19.4 Å². The lowest BCUT2D eigenvalue weighted by Gasteiger charge is -2.26. The van der Waals surface area contributed by atoms with Crippen molar-refractivity contribution in [2.24, 2.45) is 0 Å². The highest BCUT2D eigenvalue weighted by Crippen LogP contribution is 2.20. The predicted octanol–water partition coefficient (Wildman–Crippen LogP) is 1.82. The minimum Gasteiger partial charge on any atom is -0.497 e. The third-order valence-corrected chi connectivity index (χ3v) is 4.07. The van der Waals surface area contributed by atoms with E-state index in [1.807, 2.05) is 32.2 Å². The molecule has 0 aromatic heterocycles. The van der Waals surface area contributed by atoms with Crippen LogP contribution in [0.15, 0.2) is 18.2 Å². The predicted molar refractivity (Wildman–Crippen MR) is 80.6 cm³/mol. The molecule has 1 heterocycles. The lowest BCUT2D eigenvalue weighted by molar-refractivity contribution is 0.0839. The number of rotatable bonds is 3. The molecule has 0 radical (unpaired) electrons. The molecule has 1 aliphatic rings. The number of hydrogen-bond acceptors (Lipinski definition) is 4. The van der Waals surface area contributed by atoms with Gasteiger partial charge in [-0.3, -0.25) is 9.69 Å². The topological polar surface area (TPSA) is 32.8 Å². The monoisotopic (exact) mass is 276 g/mol. The average Bonchev–Trinajstić information content (AvgIpc) is 2.59. The maximum atomic E-state index is 12.8. The molecule has 20 heavy (non-hydrogen) atoms. The van der Waals surface area contributed by atoms with Crippen LogP contribution in [-0.4, -0.2) is 62.5 Å². The zero-order chi connectivity index (χ0) is 14.7. The van der Waals surface area contributed by atoms with Crippen LogP contribution in [0.5, 0.6) is 5.75 Å². The number of methoxy groups -OCH3 is 1. The molecule has 0 saturated carbocycles. The summed E-state index contributed by atoms with van der Waals surface area (Å²) in [6, 6.07) is 5.61. The molecule has 1 atom stereocenters. The molecule has 0 amide bonds. The molecular weight excluding hydrogens is 252 g/mol. The van der Waals surface area contributed by atoms with Gasteiger partial charge in [-0.1, -0.05) is 0 Å². The highest BCUT2D eigenvalue weighted by molar-refractivity contribution is 6.01. The summed E-state index contributed by atoms with van der Waals surface area (Å²) >= 11 is 0. The highest BCUT2D eigenvalue weighted by atomic mass is 16.5. The van der Waals surface area contributed by atoms with Crippen molar-refractivity contribution in [1.29, 1.82) is 0 Å². The van der Waals surface area contributed by atoms with E-state index < -0.39 is 0 Å². The quantitative estimate of drug-likeness (QED) is 0.789. The lowest BCUT2D eigenvalue weighted by Crippen LogP contribution is -2.43. The SMILES string of the molecule is COc1ccc(C(=O)C2CN(C)CCCN2C)c(C)c1. The number of carbonyl (C=O) groups excluding carboxylic acids is 1. The largest absolute Gasteiger partial charge is 0.497 e. The average molecular weight is 276 g/mol. The van der Waals surface area contributed by atoms with Gasteiger partial charge >= 0.3 is 0 Å². The van der Waals surface area contributed by atoms with Gasteiger partial charge in [-0.15, -0.1) is 0 Å². The number of Topliss-reactive ketones (excluding diaryl/α,β-unsaturated/α-hetero) is 1. The minimum absolute atomic E-state index is 0.0606. The second kappa shape index (κ2) is 6.37. The second-order valence-corrected chi connectivity index (χ2v) is 5.66. The molecule has 0 bridgehead atoms. The number of likely N-dealkylation sites (N-methyl/N-ethyl adjacent to an activating group) is 2. The number of hydrogen-bond donors (Lipinski definition) is 0. The lowest BCUT2D eigenvalue weighted by atomic mass is 9.98. The Kier molecular flexibility index (Phi) is 4.78. The van der Waals surface area contributed by atoms with Crippen LogP contribution in [0.3, 0.4) is 0 Å². The summed E-state index contributed by atoms with van der Waals surface area (Å²) in [4.78, 5) is 17.2. The van der Waals surface area contributed by atoms with Crippen molar-refractivity contribution in [2.75, 3.05) is 40.8 Å². The third kappa shape index (κ3) is 3.19. The fraction of sp³-hybridized carbons (Fsp3) is 0.562. The molecule has 2 rings (SSSR count). The highest BCUT2D eigenvalue weighted by Gasteiger charge is 2.28. The summed E-state index contributed by atoms with van der Waals surface area (Å²) in [6.45, 7) is 4.78. The maximum absolute atomic E-state index is 12.8. The number of ketones is 1. The van der Waals surface area contributed by atoms with Crippen LogP contribution in [0.2, 0.25) is 0 Å². The first-order valence-corrected chi connectivity index (χ1v) is 7.10. The molecule has 1 aromatic carbocycles. The van der Waals surface area contributed by atoms with Crippen molar-refractivity contribution in [3.8, 4) is 5.75 Å². The van der Waals surface area contributed by atoms with Gasteiger partial charge in [0.25, 0.3) is 0 Å². The molecular formula is C16H24N2O2. The van der Waals surface area contributed by atoms with Gasteiger partial charge in [0.2, 0.25) is 0 Å². The van der Waals surface area contributed by atoms with Crippen molar-refractivity contribution < 1.29 is 9.53 Å². The van der Waals surface area contributed by atoms with E-state index >= 15 is 0 Å². The van der Waals surface area contributed by atoms with Gasteiger partial charge in [0.1, 0.15) is 5.75 Å². The molecule has 4 heteroatoms. The Morgan fingerprint density at radius 2 is 2.05 bits per heavy atom. The molecule has 1 fully saturated rings. The van der Waals surface area contributed by atoms with E-state index in [2.05, 4.69) is 16.8 Å². The fourth-order valence-corrected chi connectivity index (χ4v) is 2.77. The van der Waals surface area contributed by atoms with Gasteiger partial charge in [0.15, 0.2) is 5.78 Å². The standard InChI is InChI=1S/C16H24N2O2/c1-12-10-13(20-4)6-7-14(12)16(19)15-11-17(2)8-5-9-18(15)3/h6-7,10,15H,5,8-9,11H2,1-4H3. The Bertz CT molecular complexity index is 487. The summed E-state index contributed by atoms with van der Waals surface area (Å²) in [7, 11) is 5.77. The Morgan fingerprint density at radius 1 is 1.30 bits per heavy atom. The Labute approximate surface area is 121 Å². The number of carbonyl (C=O) groups is 1. The van der Waals surface area contributed by atoms with Gasteiger partial charge in [0, 0.05) is 12.1 Å². The van der Waals surface area contributed by atoms with Gasteiger partial charge in [-0.2, -0.15) is 0 Å². The van der Waals surface area contributed by atoms with E-state index in [-0.39, 0.29) is 11.8 Å². The number of nitrogens with zero attached hydrogens (tertiary/aromatic N) is 2. The summed E-state index contributed by atoms with van der Waals surface area (Å²) in [5, 5.41) is 0. The fourth-order valence-electron chi connectivity index (χ4n) is 2.77.